The predicted octanol–water partition coefficient (Wildman–Crippen LogP) is 2.72. The van der Waals surface area contributed by atoms with Gasteiger partial charge in [0.1, 0.15) is 19.3 Å². The molecular formula is C18H18Cl2N2O5S. The lowest BCUT2D eigenvalue weighted by Crippen LogP contribution is -2.45. The smallest absolute Gasteiger partial charge is 0.240 e. The normalized spacial score (nSPS) is 15.8. The molecule has 1 atom stereocenters. The molecule has 1 aliphatic heterocycles. The molecule has 0 bridgehead atoms. The summed E-state index contributed by atoms with van der Waals surface area (Å²) >= 11 is 12.0. The predicted molar refractivity (Wildman–Crippen MR) is 108 cm³/mol. The Labute approximate surface area is 173 Å². The highest BCUT2D eigenvalue weighted by Crippen LogP contribution is 2.31. The zero-order valence-corrected chi connectivity index (χ0v) is 17.2. The standard InChI is InChI=1S/C18H18Cl2N2O5S/c1-28(24,25)22(15-8-12(19)6-7-14(15)20)10-18(23)21-9-13-11-26-16-4-2-3-5-17(16)27-13/h2-8,13H,9-11H2,1H3,(H,21,23). The number of nitrogens with zero attached hydrogens (tertiary/aromatic N) is 1. The Morgan fingerprint density at radius 1 is 1.21 bits per heavy atom. The van der Waals surface area contributed by atoms with Gasteiger partial charge in [-0.2, -0.15) is 0 Å². The number of sulfonamides is 1. The molecule has 1 heterocycles. The average Bonchev–Trinajstić information content (AvgIpc) is 2.65. The Morgan fingerprint density at radius 2 is 1.93 bits per heavy atom. The van der Waals surface area contributed by atoms with Gasteiger partial charge in [-0.05, 0) is 30.3 Å². The number of hydrogen-bond acceptors (Lipinski definition) is 5. The molecule has 0 spiro atoms. The van der Waals surface area contributed by atoms with E-state index in [1.54, 1.807) is 12.1 Å². The van der Waals surface area contributed by atoms with Crippen LogP contribution >= 0.6 is 23.2 Å². The van der Waals surface area contributed by atoms with E-state index >= 15 is 0 Å². The van der Waals surface area contributed by atoms with Gasteiger partial charge in [-0.25, -0.2) is 8.42 Å². The Morgan fingerprint density at radius 3 is 2.64 bits per heavy atom. The highest BCUT2D eigenvalue weighted by atomic mass is 35.5. The minimum absolute atomic E-state index is 0.137. The third-order valence-corrected chi connectivity index (χ3v) is 5.64. The summed E-state index contributed by atoms with van der Waals surface area (Å²) in [6.07, 6.45) is 0.604. The van der Waals surface area contributed by atoms with Crippen LogP contribution in [0.2, 0.25) is 10.0 Å². The molecule has 1 unspecified atom stereocenters. The number of ether oxygens (including phenoxy) is 2. The number of carbonyl (C=O) groups excluding carboxylic acids is 1. The SMILES string of the molecule is CS(=O)(=O)N(CC(=O)NCC1COc2ccccc2O1)c1cc(Cl)ccc1Cl. The van der Waals surface area contributed by atoms with Gasteiger partial charge in [-0.1, -0.05) is 35.3 Å². The summed E-state index contributed by atoms with van der Waals surface area (Å²) in [5.74, 6) is 0.726. The van der Waals surface area contributed by atoms with Gasteiger partial charge in [-0.3, -0.25) is 9.10 Å². The minimum Gasteiger partial charge on any atom is -0.486 e. The van der Waals surface area contributed by atoms with Crippen molar-refractivity contribution < 1.29 is 22.7 Å². The number of amides is 1. The van der Waals surface area contributed by atoms with Crippen LogP contribution in [0, 0.1) is 0 Å². The highest BCUT2D eigenvalue weighted by molar-refractivity contribution is 7.92. The van der Waals surface area contributed by atoms with E-state index in [1.165, 1.54) is 18.2 Å². The summed E-state index contributed by atoms with van der Waals surface area (Å²) in [5, 5.41) is 3.14. The number of hydrogen-bond donors (Lipinski definition) is 1. The molecular weight excluding hydrogens is 427 g/mol. The zero-order valence-electron chi connectivity index (χ0n) is 14.9. The fraction of sp³-hybridized carbons (Fsp3) is 0.278. The highest BCUT2D eigenvalue weighted by Gasteiger charge is 2.25. The Balaban J connectivity index is 1.64. The van der Waals surface area contributed by atoms with E-state index in [4.69, 9.17) is 32.7 Å². The Hall–Kier alpha value is -2.16. The van der Waals surface area contributed by atoms with Crippen molar-refractivity contribution in [2.45, 2.75) is 6.10 Å². The maximum atomic E-state index is 12.4. The monoisotopic (exact) mass is 444 g/mol. The maximum absolute atomic E-state index is 12.4. The van der Waals surface area contributed by atoms with Gasteiger partial charge in [0, 0.05) is 5.02 Å². The number of nitrogens with one attached hydrogen (secondary N) is 1. The topological polar surface area (TPSA) is 84.9 Å². The van der Waals surface area contributed by atoms with Crippen molar-refractivity contribution in [1.29, 1.82) is 0 Å². The molecule has 150 valence electrons. The first kappa shape index (κ1) is 20.6. The molecule has 2 aromatic rings. The first-order valence-electron chi connectivity index (χ1n) is 8.32. The molecule has 0 aromatic heterocycles. The molecule has 1 aliphatic rings. The summed E-state index contributed by atoms with van der Waals surface area (Å²) in [6.45, 7) is -0.00961. The van der Waals surface area contributed by atoms with Crippen LogP contribution in [0.1, 0.15) is 0 Å². The fourth-order valence-electron chi connectivity index (χ4n) is 2.64. The molecule has 0 saturated heterocycles. The van der Waals surface area contributed by atoms with Crippen LogP contribution in [0.3, 0.4) is 0 Å². The zero-order chi connectivity index (χ0) is 20.3. The van der Waals surface area contributed by atoms with E-state index in [0.29, 0.717) is 16.5 Å². The third-order valence-electron chi connectivity index (χ3n) is 3.96. The molecule has 0 radical (unpaired) electrons. The molecule has 3 rings (SSSR count). The van der Waals surface area contributed by atoms with Crippen molar-refractivity contribution in [3.8, 4) is 11.5 Å². The number of para-hydroxylation sites is 2. The molecule has 1 N–H and O–H groups in total. The lowest BCUT2D eigenvalue weighted by molar-refractivity contribution is -0.120. The second-order valence-electron chi connectivity index (χ2n) is 6.17. The van der Waals surface area contributed by atoms with E-state index in [0.717, 1.165) is 10.6 Å². The van der Waals surface area contributed by atoms with Crippen molar-refractivity contribution in [3.63, 3.8) is 0 Å². The second kappa shape index (κ2) is 8.46. The third kappa shape index (κ3) is 5.01. The lowest BCUT2D eigenvalue weighted by Gasteiger charge is -2.27. The van der Waals surface area contributed by atoms with Crippen LogP contribution in [0.15, 0.2) is 42.5 Å². The Bertz CT molecular complexity index is 984. The summed E-state index contributed by atoms with van der Waals surface area (Å²) in [7, 11) is -3.76. The van der Waals surface area contributed by atoms with Gasteiger partial charge < -0.3 is 14.8 Å². The molecule has 0 fully saturated rings. The van der Waals surface area contributed by atoms with Crippen LogP contribution < -0.4 is 19.1 Å². The number of rotatable bonds is 6. The quantitative estimate of drug-likeness (QED) is 0.739. The maximum Gasteiger partial charge on any atom is 0.240 e. The van der Waals surface area contributed by atoms with E-state index in [1.807, 2.05) is 12.1 Å². The van der Waals surface area contributed by atoms with E-state index in [2.05, 4.69) is 5.32 Å². The van der Waals surface area contributed by atoms with Crippen LogP contribution in [-0.4, -0.2) is 46.4 Å². The summed E-state index contributed by atoms with van der Waals surface area (Å²) in [6, 6.07) is 11.6. The van der Waals surface area contributed by atoms with Gasteiger partial charge in [0.25, 0.3) is 0 Å². The van der Waals surface area contributed by atoms with Crippen LogP contribution in [0.25, 0.3) is 0 Å². The molecule has 2 aromatic carbocycles. The van der Waals surface area contributed by atoms with Crippen LogP contribution in [0.4, 0.5) is 5.69 Å². The van der Waals surface area contributed by atoms with Gasteiger partial charge in [0.15, 0.2) is 11.5 Å². The Kier molecular flexibility index (Phi) is 6.22. The largest absolute Gasteiger partial charge is 0.486 e. The van der Waals surface area contributed by atoms with E-state index < -0.39 is 22.5 Å². The van der Waals surface area contributed by atoms with Crippen LogP contribution in [0.5, 0.6) is 11.5 Å². The summed E-state index contributed by atoms with van der Waals surface area (Å²) in [4.78, 5) is 12.4. The fourth-order valence-corrected chi connectivity index (χ4v) is 3.93. The average molecular weight is 445 g/mol. The molecule has 0 aliphatic carbocycles. The number of carbonyl (C=O) groups is 1. The first-order valence-corrected chi connectivity index (χ1v) is 10.9. The molecule has 28 heavy (non-hydrogen) atoms. The number of anilines is 1. The molecule has 10 heteroatoms. The van der Waals surface area contributed by atoms with Gasteiger partial charge in [-0.15, -0.1) is 0 Å². The minimum atomic E-state index is -3.76. The van der Waals surface area contributed by atoms with Crippen molar-refractivity contribution in [2.24, 2.45) is 0 Å². The second-order valence-corrected chi connectivity index (χ2v) is 8.92. The molecule has 1 amide bonds. The number of fused-ring (bicyclic) bond motifs is 1. The number of halogens is 2. The lowest BCUT2D eigenvalue weighted by atomic mass is 10.2. The van der Waals surface area contributed by atoms with Crippen molar-refractivity contribution in [1.82, 2.24) is 5.32 Å². The summed E-state index contributed by atoms with van der Waals surface area (Å²) < 4.78 is 36.6. The van der Waals surface area contributed by atoms with Gasteiger partial charge >= 0.3 is 0 Å². The summed E-state index contributed by atoms with van der Waals surface area (Å²) in [5.41, 5.74) is 0.137. The van der Waals surface area contributed by atoms with Gasteiger partial charge in [0.2, 0.25) is 15.9 Å². The van der Waals surface area contributed by atoms with Crippen molar-refractivity contribution in [2.75, 3.05) is 30.3 Å². The van der Waals surface area contributed by atoms with Crippen LogP contribution in [-0.2, 0) is 14.8 Å². The van der Waals surface area contributed by atoms with Crippen molar-refractivity contribution in [3.05, 3.63) is 52.5 Å². The molecule has 7 nitrogen and oxygen atoms in total. The molecule has 0 saturated carbocycles. The van der Waals surface area contributed by atoms with E-state index in [9.17, 15) is 13.2 Å². The van der Waals surface area contributed by atoms with Gasteiger partial charge in [0.05, 0.1) is 23.5 Å². The number of benzene rings is 2. The van der Waals surface area contributed by atoms with Crippen molar-refractivity contribution >= 4 is 44.8 Å². The van der Waals surface area contributed by atoms with E-state index in [-0.39, 0.29) is 30.0 Å². The first-order chi connectivity index (χ1) is 13.2.